The number of phenolic OH excluding ortho intramolecular Hbond substituents is 1. The highest BCUT2D eigenvalue weighted by atomic mass is 35.5. The maximum atomic E-state index is 12.2. The zero-order valence-electron chi connectivity index (χ0n) is 15.0. The second kappa shape index (κ2) is 7.48. The molecular weight excluding hydrogens is 370 g/mol. The Bertz CT molecular complexity index is 894. The van der Waals surface area contributed by atoms with Gasteiger partial charge in [-0.3, -0.25) is 9.59 Å². The van der Waals surface area contributed by atoms with Gasteiger partial charge >= 0.3 is 0 Å². The van der Waals surface area contributed by atoms with E-state index in [-0.39, 0.29) is 54.1 Å². The van der Waals surface area contributed by atoms with Crippen LogP contribution in [-0.2, 0) is 11.3 Å². The Morgan fingerprint density at radius 3 is 2.81 bits per heavy atom. The first-order chi connectivity index (χ1) is 12.7. The Kier molecular flexibility index (Phi) is 5.28. The van der Waals surface area contributed by atoms with E-state index in [0.717, 1.165) is 5.56 Å². The van der Waals surface area contributed by atoms with E-state index in [1.54, 1.807) is 19.9 Å². The third-order valence-corrected chi connectivity index (χ3v) is 4.48. The first kappa shape index (κ1) is 19.0. The van der Waals surface area contributed by atoms with E-state index in [4.69, 9.17) is 21.1 Å². The minimum absolute atomic E-state index is 0.143. The molecule has 0 atom stereocenters. The summed E-state index contributed by atoms with van der Waals surface area (Å²) < 4.78 is 11.2. The molecule has 2 aromatic carbocycles. The average molecular weight is 390 g/mol. The topological polar surface area (TPSA) is 84.9 Å². The zero-order valence-corrected chi connectivity index (χ0v) is 15.8. The molecule has 6 nitrogen and oxygen atoms in total. The third kappa shape index (κ3) is 4.52. The van der Waals surface area contributed by atoms with E-state index in [2.05, 4.69) is 5.32 Å². The van der Waals surface area contributed by atoms with Gasteiger partial charge in [0.05, 0.1) is 6.42 Å². The van der Waals surface area contributed by atoms with Gasteiger partial charge in [0, 0.05) is 23.7 Å². The quantitative estimate of drug-likeness (QED) is 0.817. The van der Waals surface area contributed by atoms with Crippen LogP contribution in [-0.4, -0.2) is 29.0 Å². The van der Waals surface area contributed by atoms with Crippen LogP contribution in [0.1, 0.15) is 36.2 Å². The van der Waals surface area contributed by atoms with Gasteiger partial charge in [0.25, 0.3) is 5.91 Å². The minimum Gasteiger partial charge on any atom is -0.507 e. The van der Waals surface area contributed by atoms with E-state index < -0.39 is 5.60 Å². The van der Waals surface area contributed by atoms with Crippen LogP contribution in [0, 0.1) is 0 Å². The lowest BCUT2D eigenvalue weighted by atomic mass is 9.92. The van der Waals surface area contributed by atoms with Crippen LogP contribution < -0.4 is 14.8 Å². The highest BCUT2D eigenvalue weighted by Gasteiger charge is 2.35. The van der Waals surface area contributed by atoms with Gasteiger partial charge in [-0.1, -0.05) is 29.8 Å². The van der Waals surface area contributed by atoms with Crippen molar-refractivity contribution in [1.29, 1.82) is 0 Å². The monoisotopic (exact) mass is 389 g/mol. The van der Waals surface area contributed by atoms with Crippen molar-refractivity contribution in [2.75, 3.05) is 6.61 Å². The van der Waals surface area contributed by atoms with Crippen LogP contribution in [0.2, 0.25) is 5.02 Å². The molecule has 2 N–H and O–H groups in total. The van der Waals surface area contributed by atoms with Gasteiger partial charge < -0.3 is 19.9 Å². The van der Waals surface area contributed by atoms with Crippen molar-refractivity contribution in [3.8, 4) is 17.2 Å². The van der Waals surface area contributed by atoms with Crippen LogP contribution in [0.3, 0.4) is 0 Å². The summed E-state index contributed by atoms with van der Waals surface area (Å²) >= 11 is 6.05. The standard InChI is InChI=1S/C20H20ClNO5/c1-20(2)9-16(24)19-15(23)7-13(8-17(19)27-20)26-11-18(25)22-10-12-5-3-4-6-14(12)21/h3-8,23H,9-11H2,1-2H3,(H,22,25). The molecule has 0 saturated heterocycles. The maximum absolute atomic E-state index is 12.2. The molecule has 3 rings (SSSR count). The first-order valence-corrected chi connectivity index (χ1v) is 8.85. The first-order valence-electron chi connectivity index (χ1n) is 8.47. The molecule has 1 amide bonds. The van der Waals surface area contributed by atoms with Crippen LogP contribution in [0.5, 0.6) is 17.2 Å². The number of aromatic hydroxyl groups is 1. The van der Waals surface area contributed by atoms with E-state index in [1.807, 2.05) is 18.2 Å². The summed E-state index contributed by atoms with van der Waals surface area (Å²) in [7, 11) is 0. The van der Waals surface area contributed by atoms with Crippen molar-refractivity contribution in [3.63, 3.8) is 0 Å². The molecule has 0 saturated carbocycles. The average Bonchev–Trinajstić information content (AvgIpc) is 2.57. The molecule has 2 aromatic rings. The Morgan fingerprint density at radius 2 is 2.07 bits per heavy atom. The summed E-state index contributed by atoms with van der Waals surface area (Å²) in [5.74, 6) is -0.265. The summed E-state index contributed by atoms with van der Waals surface area (Å²) in [4.78, 5) is 24.2. The number of nitrogens with one attached hydrogen (secondary N) is 1. The SMILES string of the molecule is CC1(C)CC(=O)c2c(O)cc(OCC(=O)NCc3ccccc3Cl)cc2O1. The van der Waals surface area contributed by atoms with Gasteiger partial charge in [0.2, 0.25) is 0 Å². The number of Topliss-reactive ketones (excluding diaryl/α,β-unsaturated/α-hetero) is 1. The Hall–Kier alpha value is -2.73. The number of carbonyl (C=O) groups excluding carboxylic acids is 2. The summed E-state index contributed by atoms with van der Waals surface area (Å²) in [6, 6.07) is 10.0. The van der Waals surface area contributed by atoms with Crippen LogP contribution in [0.15, 0.2) is 36.4 Å². The number of halogens is 1. The number of amides is 1. The third-order valence-electron chi connectivity index (χ3n) is 4.11. The molecule has 1 aliphatic rings. The van der Waals surface area contributed by atoms with Gasteiger partial charge in [0.1, 0.15) is 28.4 Å². The smallest absolute Gasteiger partial charge is 0.258 e. The van der Waals surface area contributed by atoms with Crippen molar-refractivity contribution >= 4 is 23.3 Å². The number of rotatable bonds is 5. The van der Waals surface area contributed by atoms with E-state index in [0.29, 0.717) is 5.02 Å². The number of hydrogen-bond donors (Lipinski definition) is 2. The number of ether oxygens (including phenoxy) is 2. The normalized spacial score (nSPS) is 14.9. The fourth-order valence-corrected chi connectivity index (χ4v) is 3.07. The largest absolute Gasteiger partial charge is 0.507 e. The van der Waals surface area contributed by atoms with Gasteiger partial charge in [-0.25, -0.2) is 0 Å². The summed E-state index contributed by atoms with van der Waals surface area (Å²) in [6.45, 7) is 3.62. The summed E-state index contributed by atoms with van der Waals surface area (Å²) in [6.07, 6.45) is 0.179. The van der Waals surface area contributed by atoms with Crippen LogP contribution >= 0.6 is 11.6 Å². The van der Waals surface area contributed by atoms with Crippen molar-refractivity contribution in [2.45, 2.75) is 32.4 Å². The Labute approximate surface area is 162 Å². The number of phenols is 1. The second-order valence-electron chi connectivity index (χ2n) is 6.93. The molecule has 0 aliphatic carbocycles. The van der Waals surface area contributed by atoms with Crippen molar-refractivity contribution in [3.05, 3.63) is 52.5 Å². The van der Waals surface area contributed by atoms with Crippen LogP contribution in [0.25, 0.3) is 0 Å². The predicted molar refractivity (Wildman–Crippen MR) is 101 cm³/mol. The van der Waals surface area contributed by atoms with E-state index in [9.17, 15) is 14.7 Å². The molecule has 27 heavy (non-hydrogen) atoms. The highest BCUT2D eigenvalue weighted by Crippen LogP contribution is 2.40. The fourth-order valence-electron chi connectivity index (χ4n) is 2.86. The van der Waals surface area contributed by atoms with Crippen molar-refractivity contribution in [1.82, 2.24) is 5.32 Å². The molecule has 0 unspecified atom stereocenters. The fraction of sp³-hybridized carbons (Fsp3) is 0.300. The number of ketones is 1. The van der Waals surface area contributed by atoms with Gasteiger partial charge in [0.15, 0.2) is 12.4 Å². The summed E-state index contributed by atoms with van der Waals surface area (Å²) in [5.41, 5.74) is 0.277. The molecule has 1 aliphatic heterocycles. The number of fused-ring (bicyclic) bond motifs is 1. The van der Waals surface area contributed by atoms with Gasteiger partial charge in [-0.05, 0) is 25.5 Å². The molecule has 142 valence electrons. The lowest BCUT2D eigenvalue weighted by Gasteiger charge is -2.32. The lowest BCUT2D eigenvalue weighted by molar-refractivity contribution is -0.123. The van der Waals surface area contributed by atoms with Crippen molar-refractivity contribution in [2.24, 2.45) is 0 Å². The Morgan fingerprint density at radius 1 is 1.33 bits per heavy atom. The molecule has 0 aromatic heterocycles. The molecule has 0 fully saturated rings. The van der Waals surface area contributed by atoms with E-state index >= 15 is 0 Å². The number of carbonyl (C=O) groups is 2. The zero-order chi connectivity index (χ0) is 19.6. The predicted octanol–water partition coefficient (Wildman–Crippen LogP) is 3.48. The van der Waals surface area contributed by atoms with Crippen LogP contribution in [0.4, 0.5) is 0 Å². The highest BCUT2D eigenvalue weighted by molar-refractivity contribution is 6.31. The Balaban J connectivity index is 1.63. The molecule has 7 heteroatoms. The van der Waals surface area contributed by atoms with Crippen molar-refractivity contribution < 1.29 is 24.2 Å². The molecule has 1 heterocycles. The minimum atomic E-state index is -0.665. The second-order valence-corrected chi connectivity index (χ2v) is 7.34. The van der Waals surface area contributed by atoms with Gasteiger partial charge in [-0.2, -0.15) is 0 Å². The molecule has 0 radical (unpaired) electrons. The summed E-state index contributed by atoms with van der Waals surface area (Å²) in [5, 5.41) is 13.4. The lowest BCUT2D eigenvalue weighted by Crippen LogP contribution is -2.36. The number of benzene rings is 2. The molecule has 0 bridgehead atoms. The number of hydrogen-bond acceptors (Lipinski definition) is 5. The molecule has 0 spiro atoms. The van der Waals surface area contributed by atoms with Gasteiger partial charge in [-0.15, -0.1) is 0 Å². The van der Waals surface area contributed by atoms with E-state index in [1.165, 1.54) is 12.1 Å². The maximum Gasteiger partial charge on any atom is 0.258 e. The molecular formula is C20H20ClNO5.